The summed E-state index contributed by atoms with van der Waals surface area (Å²) in [4.78, 5) is 22.9. The number of ether oxygens (including phenoxy) is 2. The molecule has 1 aliphatic heterocycles. The predicted molar refractivity (Wildman–Crippen MR) is 110 cm³/mol. The van der Waals surface area contributed by atoms with Crippen LogP contribution in [0.25, 0.3) is 0 Å². The van der Waals surface area contributed by atoms with Crippen molar-refractivity contribution in [3.63, 3.8) is 0 Å². The Balaban J connectivity index is 1.40. The smallest absolute Gasteiger partial charge is 0.406 e. The van der Waals surface area contributed by atoms with Gasteiger partial charge in [-0.15, -0.1) is 13.2 Å². The van der Waals surface area contributed by atoms with Gasteiger partial charge in [-0.3, -0.25) is 4.79 Å². The number of rotatable bonds is 8. The largest absolute Gasteiger partial charge is 0.573 e. The molecule has 1 saturated heterocycles. The fraction of sp³-hybridized carbons (Fsp3) is 0.500. The Morgan fingerprint density at radius 3 is 2.59 bits per heavy atom. The first-order chi connectivity index (χ1) is 15.3. The van der Waals surface area contributed by atoms with Crippen LogP contribution in [0.3, 0.4) is 0 Å². The number of methoxy groups -OCH3 is 1. The first-order valence-corrected chi connectivity index (χ1v) is 10.6. The number of benzene rings is 1. The quantitative estimate of drug-likeness (QED) is 0.652. The molecule has 2 aliphatic rings. The fourth-order valence-corrected chi connectivity index (χ4v) is 3.98. The van der Waals surface area contributed by atoms with E-state index in [0.717, 1.165) is 31.2 Å². The average Bonchev–Trinajstić information content (AvgIpc) is 3.50. The molecule has 7 nitrogen and oxygen atoms in total. The number of likely N-dealkylation sites (tertiary alicyclic amines) is 1. The summed E-state index contributed by atoms with van der Waals surface area (Å²) < 4.78 is 47.3. The van der Waals surface area contributed by atoms with E-state index in [1.54, 1.807) is 12.0 Å². The minimum absolute atomic E-state index is 0.0529. The third kappa shape index (κ3) is 5.67. The van der Waals surface area contributed by atoms with Crippen molar-refractivity contribution in [1.82, 2.24) is 14.9 Å². The lowest BCUT2D eigenvalue weighted by Crippen LogP contribution is -2.38. The predicted octanol–water partition coefficient (Wildman–Crippen LogP) is 4.12. The van der Waals surface area contributed by atoms with Crippen LogP contribution in [0.15, 0.2) is 30.6 Å². The number of carbonyl (C=O) groups is 1. The second-order valence-corrected chi connectivity index (χ2v) is 8.13. The molecule has 0 spiro atoms. The van der Waals surface area contributed by atoms with Gasteiger partial charge in [0, 0.05) is 32.6 Å². The van der Waals surface area contributed by atoms with Gasteiger partial charge in [-0.2, -0.15) is 0 Å². The Morgan fingerprint density at radius 2 is 1.94 bits per heavy atom. The van der Waals surface area contributed by atoms with Crippen LogP contribution in [0.1, 0.15) is 53.1 Å². The van der Waals surface area contributed by atoms with Crippen LogP contribution in [-0.2, 0) is 11.3 Å². The van der Waals surface area contributed by atoms with Crippen LogP contribution in [-0.4, -0.2) is 53.4 Å². The van der Waals surface area contributed by atoms with E-state index in [4.69, 9.17) is 4.74 Å². The number of nitrogens with one attached hydrogen (secondary N) is 1. The normalized spacial score (nSPS) is 18.6. The molecule has 1 aliphatic carbocycles. The lowest BCUT2D eigenvalue weighted by molar-refractivity contribution is -0.274. The summed E-state index contributed by atoms with van der Waals surface area (Å²) in [6, 6.07) is 4.72. The maximum atomic E-state index is 12.7. The molecule has 0 radical (unpaired) electrons. The summed E-state index contributed by atoms with van der Waals surface area (Å²) in [5.41, 5.74) is 1.86. The monoisotopic (exact) mass is 450 g/mol. The number of hydrogen-bond donors (Lipinski definition) is 1. The molecule has 1 N–H and O–H groups in total. The zero-order valence-corrected chi connectivity index (χ0v) is 17.7. The Bertz CT molecular complexity index is 948. The molecule has 2 aromatic rings. The maximum Gasteiger partial charge on any atom is 0.573 e. The minimum atomic E-state index is -4.74. The molecule has 1 atom stereocenters. The van der Waals surface area contributed by atoms with Gasteiger partial charge in [0.2, 0.25) is 5.95 Å². The zero-order valence-electron chi connectivity index (χ0n) is 17.7. The van der Waals surface area contributed by atoms with E-state index in [0.29, 0.717) is 24.3 Å². The molecule has 1 amide bonds. The first-order valence-electron chi connectivity index (χ1n) is 10.6. The van der Waals surface area contributed by atoms with Crippen molar-refractivity contribution in [2.75, 3.05) is 25.6 Å². The highest BCUT2D eigenvalue weighted by Gasteiger charge is 2.32. The Labute approximate surface area is 183 Å². The van der Waals surface area contributed by atoms with Gasteiger partial charge in [0.05, 0.1) is 18.2 Å². The standard InChI is InChI=1S/C22H25F3N4O3/c1-31-13-18-3-2-6-29(18)20(30)17-11-27-21(28-12-17)26-10-14-7-16(15-4-5-15)9-19(8-14)32-22(23,24)25/h7-9,11-12,15,18H,2-6,10,13H2,1H3,(H,26,27,28)/t18-/m0/s1. The molecule has 1 saturated carbocycles. The minimum Gasteiger partial charge on any atom is -0.406 e. The second kappa shape index (κ2) is 9.32. The van der Waals surface area contributed by atoms with Gasteiger partial charge in [-0.1, -0.05) is 6.07 Å². The summed E-state index contributed by atoms with van der Waals surface area (Å²) in [5, 5.41) is 3.00. The van der Waals surface area contributed by atoms with Gasteiger partial charge in [0.25, 0.3) is 5.91 Å². The molecule has 0 bridgehead atoms. The summed E-state index contributed by atoms with van der Waals surface area (Å²) >= 11 is 0. The summed E-state index contributed by atoms with van der Waals surface area (Å²) in [6.07, 6.45) is 1.93. The van der Waals surface area contributed by atoms with Crippen LogP contribution in [0.2, 0.25) is 0 Å². The lowest BCUT2D eigenvalue weighted by atomic mass is 10.1. The van der Waals surface area contributed by atoms with Gasteiger partial charge in [-0.05, 0) is 54.9 Å². The van der Waals surface area contributed by atoms with Crippen LogP contribution >= 0.6 is 0 Å². The van der Waals surface area contributed by atoms with Crippen LogP contribution in [0.4, 0.5) is 19.1 Å². The second-order valence-electron chi connectivity index (χ2n) is 8.13. The van der Waals surface area contributed by atoms with Crippen molar-refractivity contribution in [2.24, 2.45) is 0 Å². The van der Waals surface area contributed by atoms with Gasteiger partial charge in [0.1, 0.15) is 5.75 Å². The number of alkyl halides is 3. The third-order valence-corrected chi connectivity index (χ3v) is 5.62. The van der Waals surface area contributed by atoms with Crippen LogP contribution < -0.4 is 10.1 Å². The molecule has 32 heavy (non-hydrogen) atoms. The number of hydrogen-bond acceptors (Lipinski definition) is 6. The SMILES string of the molecule is COC[C@@H]1CCCN1C(=O)c1cnc(NCc2cc(OC(F)(F)F)cc(C3CC3)c2)nc1. The number of aromatic nitrogens is 2. The van der Waals surface area contributed by atoms with E-state index in [1.807, 2.05) is 6.07 Å². The highest BCUT2D eigenvalue weighted by Crippen LogP contribution is 2.42. The van der Waals surface area contributed by atoms with Crippen LogP contribution in [0.5, 0.6) is 5.75 Å². The number of amides is 1. The van der Waals surface area contributed by atoms with Gasteiger partial charge in [-0.25, -0.2) is 9.97 Å². The number of anilines is 1. The van der Waals surface area contributed by atoms with Gasteiger partial charge in [0.15, 0.2) is 0 Å². The molecule has 1 aromatic carbocycles. The van der Waals surface area contributed by atoms with Crippen LogP contribution in [0, 0.1) is 0 Å². The van der Waals surface area contributed by atoms with E-state index in [1.165, 1.54) is 24.5 Å². The topological polar surface area (TPSA) is 76.6 Å². The highest BCUT2D eigenvalue weighted by atomic mass is 19.4. The molecule has 4 rings (SSSR count). The number of halogens is 3. The average molecular weight is 450 g/mol. The molecule has 10 heteroatoms. The Morgan fingerprint density at radius 1 is 1.19 bits per heavy atom. The van der Waals surface area contributed by atoms with Crippen molar-refractivity contribution in [1.29, 1.82) is 0 Å². The summed E-state index contributed by atoms with van der Waals surface area (Å²) in [7, 11) is 1.61. The van der Waals surface area contributed by atoms with E-state index in [-0.39, 0.29) is 36.1 Å². The molecule has 172 valence electrons. The zero-order chi connectivity index (χ0) is 22.7. The van der Waals surface area contributed by atoms with Crippen molar-refractivity contribution in [3.8, 4) is 5.75 Å². The number of carbonyl (C=O) groups excluding carboxylic acids is 1. The number of nitrogens with zero attached hydrogens (tertiary/aromatic N) is 3. The molecule has 2 fully saturated rings. The first kappa shape index (κ1) is 22.3. The van der Waals surface area contributed by atoms with E-state index < -0.39 is 6.36 Å². The Kier molecular flexibility index (Phi) is 6.50. The van der Waals surface area contributed by atoms with Crippen molar-refractivity contribution in [3.05, 3.63) is 47.3 Å². The van der Waals surface area contributed by atoms with Crippen molar-refractivity contribution in [2.45, 2.75) is 50.6 Å². The molecule has 2 heterocycles. The Hall–Kier alpha value is -2.88. The van der Waals surface area contributed by atoms with E-state index in [9.17, 15) is 18.0 Å². The van der Waals surface area contributed by atoms with Crippen molar-refractivity contribution >= 4 is 11.9 Å². The summed E-state index contributed by atoms with van der Waals surface area (Å²) in [5.74, 6) is 0.199. The molecular weight excluding hydrogens is 425 g/mol. The van der Waals surface area contributed by atoms with Gasteiger partial charge >= 0.3 is 6.36 Å². The lowest BCUT2D eigenvalue weighted by Gasteiger charge is -2.23. The maximum absolute atomic E-state index is 12.7. The fourth-order valence-electron chi connectivity index (χ4n) is 3.98. The molecule has 0 unspecified atom stereocenters. The van der Waals surface area contributed by atoms with Crippen molar-refractivity contribution < 1.29 is 27.4 Å². The van der Waals surface area contributed by atoms with E-state index >= 15 is 0 Å². The highest BCUT2D eigenvalue weighted by molar-refractivity contribution is 5.94. The third-order valence-electron chi connectivity index (χ3n) is 5.62. The summed E-state index contributed by atoms with van der Waals surface area (Å²) in [6.45, 7) is 1.39. The molecule has 1 aromatic heterocycles. The molecular formula is C22H25F3N4O3. The van der Waals surface area contributed by atoms with E-state index in [2.05, 4.69) is 20.0 Å². The van der Waals surface area contributed by atoms with Gasteiger partial charge < -0.3 is 19.7 Å².